The van der Waals surface area contributed by atoms with Gasteiger partial charge in [-0.3, -0.25) is 4.90 Å². The largest absolute Gasteiger partial charge is 0.380 e. The molecule has 1 fully saturated rings. The first kappa shape index (κ1) is 16.9. The maximum Gasteiger partial charge on any atom is 0.0624 e. The van der Waals surface area contributed by atoms with Crippen LogP contribution in [0.15, 0.2) is 0 Å². The Labute approximate surface area is 120 Å². The molecule has 1 saturated heterocycles. The maximum absolute atomic E-state index is 5.71. The third-order valence-corrected chi connectivity index (χ3v) is 4.14. The van der Waals surface area contributed by atoms with Gasteiger partial charge in [-0.25, -0.2) is 0 Å². The van der Waals surface area contributed by atoms with Crippen molar-refractivity contribution in [3.8, 4) is 0 Å². The molecule has 1 heterocycles. The minimum absolute atomic E-state index is 0.548. The van der Waals surface area contributed by atoms with E-state index in [1.54, 1.807) is 0 Å². The standard InChI is InChI=1S/C16H34N2O/c1-7-19-11-16(13(4)5)18-10-15(8-12(2)3)17-9-14(18)6/h12-17H,7-11H2,1-6H3. The van der Waals surface area contributed by atoms with Crippen LogP contribution in [0.1, 0.15) is 48.0 Å². The molecule has 0 radical (unpaired) electrons. The molecular weight excluding hydrogens is 236 g/mol. The topological polar surface area (TPSA) is 24.5 Å². The number of piperazine rings is 1. The van der Waals surface area contributed by atoms with Crippen LogP contribution in [0.3, 0.4) is 0 Å². The van der Waals surface area contributed by atoms with E-state index in [1.807, 2.05) is 0 Å². The van der Waals surface area contributed by atoms with E-state index in [0.29, 0.717) is 24.0 Å². The molecule has 1 N–H and O–H groups in total. The van der Waals surface area contributed by atoms with E-state index in [4.69, 9.17) is 4.74 Å². The van der Waals surface area contributed by atoms with Crippen LogP contribution >= 0.6 is 0 Å². The van der Waals surface area contributed by atoms with Gasteiger partial charge in [-0.05, 0) is 32.1 Å². The number of nitrogens with one attached hydrogen (secondary N) is 1. The van der Waals surface area contributed by atoms with Crippen LogP contribution in [-0.2, 0) is 4.74 Å². The summed E-state index contributed by atoms with van der Waals surface area (Å²) in [5, 5.41) is 3.70. The minimum Gasteiger partial charge on any atom is -0.380 e. The van der Waals surface area contributed by atoms with Gasteiger partial charge in [0.2, 0.25) is 0 Å². The lowest BCUT2D eigenvalue weighted by Gasteiger charge is -2.45. The van der Waals surface area contributed by atoms with Gasteiger partial charge in [-0.2, -0.15) is 0 Å². The van der Waals surface area contributed by atoms with Crippen molar-refractivity contribution in [3.63, 3.8) is 0 Å². The van der Waals surface area contributed by atoms with Crippen LogP contribution in [-0.4, -0.2) is 49.3 Å². The lowest BCUT2D eigenvalue weighted by molar-refractivity contribution is 0.00384. The van der Waals surface area contributed by atoms with E-state index < -0.39 is 0 Å². The Balaban J connectivity index is 2.63. The Morgan fingerprint density at radius 2 is 1.95 bits per heavy atom. The Morgan fingerprint density at radius 1 is 1.26 bits per heavy atom. The number of ether oxygens (including phenoxy) is 1. The molecule has 3 atom stereocenters. The van der Waals surface area contributed by atoms with Gasteiger partial charge in [0.15, 0.2) is 0 Å². The van der Waals surface area contributed by atoms with Gasteiger partial charge in [-0.15, -0.1) is 0 Å². The fraction of sp³-hybridized carbons (Fsp3) is 1.00. The Hall–Kier alpha value is -0.120. The van der Waals surface area contributed by atoms with Crippen molar-refractivity contribution < 1.29 is 4.74 Å². The van der Waals surface area contributed by atoms with E-state index >= 15 is 0 Å². The second-order valence-corrected chi connectivity index (χ2v) is 6.75. The Kier molecular flexibility index (Phi) is 7.33. The summed E-state index contributed by atoms with van der Waals surface area (Å²) in [6.07, 6.45) is 1.27. The molecule has 1 aliphatic heterocycles. The molecule has 114 valence electrons. The Morgan fingerprint density at radius 3 is 2.47 bits per heavy atom. The van der Waals surface area contributed by atoms with E-state index in [2.05, 4.69) is 51.8 Å². The van der Waals surface area contributed by atoms with Crippen molar-refractivity contribution in [3.05, 3.63) is 0 Å². The van der Waals surface area contributed by atoms with Crippen molar-refractivity contribution >= 4 is 0 Å². The van der Waals surface area contributed by atoms with Crippen LogP contribution < -0.4 is 5.32 Å². The number of nitrogens with zero attached hydrogens (tertiary/aromatic N) is 1. The zero-order valence-electron chi connectivity index (χ0n) is 13.8. The first-order valence-electron chi connectivity index (χ1n) is 8.02. The summed E-state index contributed by atoms with van der Waals surface area (Å²) < 4.78 is 5.71. The first-order chi connectivity index (χ1) is 8.95. The molecule has 3 nitrogen and oxygen atoms in total. The summed E-state index contributed by atoms with van der Waals surface area (Å²) in [5.41, 5.74) is 0. The smallest absolute Gasteiger partial charge is 0.0624 e. The molecule has 0 aliphatic carbocycles. The summed E-state index contributed by atoms with van der Waals surface area (Å²) in [6, 6.07) is 1.79. The molecule has 3 unspecified atom stereocenters. The Bertz CT molecular complexity index is 243. The lowest BCUT2D eigenvalue weighted by atomic mass is 9.95. The predicted molar refractivity (Wildman–Crippen MR) is 82.5 cm³/mol. The lowest BCUT2D eigenvalue weighted by Crippen LogP contribution is -2.60. The monoisotopic (exact) mass is 270 g/mol. The molecule has 0 saturated carbocycles. The summed E-state index contributed by atoms with van der Waals surface area (Å²) in [7, 11) is 0. The summed E-state index contributed by atoms with van der Waals surface area (Å²) in [4.78, 5) is 2.67. The number of rotatable bonds is 7. The van der Waals surface area contributed by atoms with Crippen molar-refractivity contribution in [1.82, 2.24) is 10.2 Å². The minimum atomic E-state index is 0.548. The van der Waals surface area contributed by atoms with Gasteiger partial charge >= 0.3 is 0 Å². The van der Waals surface area contributed by atoms with Crippen LogP contribution in [0, 0.1) is 11.8 Å². The number of hydrogen-bond donors (Lipinski definition) is 1. The average Bonchev–Trinajstić information content (AvgIpc) is 2.32. The van der Waals surface area contributed by atoms with Gasteiger partial charge in [0, 0.05) is 37.8 Å². The quantitative estimate of drug-likeness (QED) is 0.770. The molecule has 3 heteroatoms. The van der Waals surface area contributed by atoms with Crippen LogP contribution in [0.5, 0.6) is 0 Å². The summed E-state index contributed by atoms with van der Waals surface area (Å²) in [5.74, 6) is 1.41. The molecule has 0 aromatic heterocycles. The molecule has 1 aliphatic rings. The van der Waals surface area contributed by atoms with Crippen molar-refractivity contribution in [1.29, 1.82) is 0 Å². The van der Waals surface area contributed by atoms with Crippen LogP contribution in [0.25, 0.3) is 0 Å². The zero-order chi connectivity index (χ0) is 14.4. The molecule has 1 rings (SSSR count). The molecule has 19 heavy (non-hydrogen) atoms. The number of hydrogen-bond acceptors (Lipinski definition) is 3. The second-order valence-electron chi connectivity index (χ2n) is 6.75. The van der Waals surface area contributed by atoms with Crippen molar-refractivity contribution in [2.75, 3.05) is 26.3 Å². The predicted octanol–water partition coefficient (Wildman–Crippen LogP) is 2.76. The van der Waals surface area contributed by atoms with Gasteiger partial charge in [-0.1, -0.05) is 27.7 Å². The third-order valence-electron chi connectivity index (χ3n) is 4.14. The fourth-order valence-corrected chi connectivity index (χ4v) is 3.05. The molecule has 0 spiro atoms. The average molecular weight is 270 g/mol. The van der Waals surface area contributed by atoms with Gasteiger partial charge in [0.05, 0.1) is 6.61 Å². The normalized spacial score (nSPS) is 27.2. The molecule has 0 aromatic carbocycles. The zero-order valence-corrected chi connectivity index (χ0v) is 13.8. The van der Waals surface area contributed by atoms with E-state index in [9.17, 15) is 0 Å². The first-order valence-corrected chi connectivity index (χ1v) is 8.02. The van der Waals surface area contributed by atoms with E-state index in [1.165, 1.54) is 6.42 Å². The van der Waals surface area contributed by atoms with Gasteiger partial charge in [0.25, 0.3) is 0 Å². The summed E-state index contributed by atoms with van der Waals surface area (Å²) in [6.45, 7) is 17.6. The molecule has 0 amide bonds. The van der Waals surface area contributed by atoms with Crippen LogP contribution in [0.2, 0.25) is 0 Å². The van der Waals surface area contributed by atoms with Gasteiger partial charge < -0.3 is 10.1 Å². The second kappa shape index (κ2) is 8.23. The molecule has 0 bridgehead atoms. The highest BCUT2D eigenvalue weighted by Crippen LogP contribution is 2.20. The van der Waals surface area contributed by atoms with Crippen LogP contribution in [0.4, 0.5) is 0 Å². The van der Waals surface area contributed by atoms with E-state index in [-0.39, 0.29) is 0 Å². The molecule has 0 aromatic rings. The van der Waals surface area contributed by atoms with Crippen molar-refractivity contribution in [2.24, 2.45) is 11.8 Å². The van der Waals surface area contributed by atoms with E-state index in [0.717, 1.165) is 32.2 Å². The SMILES string of the molecule is CCOCC(C(C)C)N1CC(CC(C)C)NCC1C. The van der Waals surface area contributed by atoms with Gasteiger partial charge in [0.1, 0.15) is 0 Å². The fourth-order valence-electron chi connectivity index (χ4n) is 3.05. The highest BCUT2D eigenvalue weighted by molar-refractivity contribution is 4.89. The highest BCUT2D eigenvalue weighted by Gasteiger charge is 2.32. The van der Waals surface area contributed by atoms with Crippen molar-refractivity contribution in [2.45, 2.75) is 66.1 Å². The highest BCUT2D eigenvalue weighted by atomic mass is 16.5. The maximum atomic E-state index is 5.71. The summed E-state index contributed by atoms with van der Waals surface area (Å²) >= 11 is 0. The molecular formula is C16H34N2O. The third kappa shape index (κ3) is 5.41.